The van der Waals surface area contributed by atoms with Crippen molar-refractivity contribution in [3.8, 4) is 33.5 Å². The van der Waals surface area contributed by atoms with Gasteiger partial charge in [-0.3, -0.25) is 0 Å². The third-order valence-electron chi connectivity index (χ3n) is 6.89. The van der Waals surface area contributed by atoms with Crippen molar-refractivity contribution in [3.05, 3.63) is 114 Å². The average Bonchev–Trinajstić information content (AvgIpc) is 3.24. The van der Waals surface area contributed by atoms with Gasteiger partial charge in [-0.1, -0.05) is 54.6 Å². The molecule has 2 heterocycles. The molecule has 0 bridgehead atoms. The Morgan fingerprint density at radius 1 is 0.657 bits per heavy atom. The van der Waals surface area contributed by atoms with Crippen LogP contribution in [0.15, 0.2) is 102 Å². The molecule has 35 heavy (non-hydrogen) atoms. The lowest BCUT2D eigenvalue weighted by Gasteiger charge is -2.11. The molecule has 2 nitrogen and oxygen atoms in total. The second kappa shape index (κ2) is 8.21. The summed E-state index contributed by atoms with van der Waals surface area (Å²) in [5, 5.41) is 1.90. The first-order valence-corrected chi connectivity index (χ1v) is 11.8. The highest BCUT2D eigenvalue weighted by molar-refractivity contribution is 6.13. The maximum atomic E-state index is 15.5. The van der Waals surface area contributed by atoms with Gasteiger partial charge >= 0.3 is 0 Å². The monoisotopic (exact) mass is 458 g/mol. The molecule has 0 spiro atoms. The van der Waals surface area contributed by atoms with Crippen molar-refractivity contribution in [1.29, 1.82) is 0 Å². The lowest BCUT2D eigenvalue weighted by molar-refractivity contribution is -0.660. The Bertz CT molecular complexity index is 1730. The number of nitrogens with zero attached hydrogens (tertiary/aromatic N) is 1. The molecule has 6 aromatic rings. The molecule has 0 aliphatic rings. The smallest absolute Gasteiger partial charge is 0.216 e. The van der Waals surface area contributed by atoms with Crippen LogP contribution >= 0.6 is 0 Å². The van der Waals surface area contributed by atoms with Crippen LogP contribution < -0.4 is 4.57 Å². The zero-order valence-electron chi connectivity index (χ0n) is 20.0. The first-order valence-electron chi connectivity index (χ1n) is 11.8. The van der Waals surface area contributed by atoms with Crippen LogP contribution in [0.25, 0.3) is 55.4 Å². The number of benzene rings is 4. The SMILES string of the molecule is Cc1ccc(-c2c(F)ccc3c2oc2c(-c4cccc[n+]4C)c(C)ccc23)cc1-c1ccccc1. The standard InChI is InChI=1S/C32H25FNO/c1-20-12-14-23(19-26(20)22-9-5-4-6-10-22)30-27(33)17-16-25-24-15-13-21(2)29(31(24)35-32(25)30)28-11-7-8-18-34(28)3/h4-19H,1-3H3/q+1. The van der Waals surface area contributed by atoms with Gasteiger partial charge in [-0.05, 0) is 65.9 Å². The summed E-state index contributed by atoms with van der Waals surface area (Å²) < 4.78 is 24.1. The molecular weight excluding hydrogens is 433 g/mol. The number of halogens is 1. The molecule has 0 saturated heterocycles. The summed E-state index contributed by atoms with van der Waals surface area (Å²) in [6.07, 6.45) is 2.03. The molecule has 0 unspecified atom stereocenters. The van der Waals surface area contributed by atoms with Crippen molar-refractivity contribution in [2.45, 2.75) is 13.8 Å². The van der Waals surface area contributed by atoms with Gasteiger partial charge in [-0.15, -0.1) is 0 Å². The fraction of sp³-hybridized carbons (Fsp3) is 0.0938. The summed E-state index contributed by atoms with van der Waals surface area (Å²) in [6, 6.07) is 30.0. The quantitative estimate of drug-likeness (QED) is 0.244. The minimum absolute atomic E-state index is 0.289. The molecule has 0 amide bonds. The van der Waals surface area contributed by atoms with E-state index in [2.05, 4.69) is 60.9 Å². The Morgan fingerprint density at radius 3 is 2.11 bits per heavy atom. The Kier molecular flexibility index (Phi) is 5.00. The highest BCUT2D eigenvalue weighted by Gasteiger charge is 2.23. The largest absolute Gasteiger partial charge is 0.454 e. The third kappa shape index (κ3) is 3.43. The van der Waals surface area contributed by atoms with E-state index in [0.29, 0.717) is 11.1 Å². The van der Waals surface area contributed by atoms with E-state index in [1.54, 1.807) is 6.07 Å². The topological polar surface area (TPSA) is 17.0 Å². The van der Waals surface area contributed by atoms with E-state index in [0.717, 1.165) is 55.4 Å². The van der Waals surface area contributed by atoms with Crippen molar-refractivity contribution < 1.29 is 13.4 Å². The molecule has 6 rings (SSSR count). The van der Waals surface area contributed by atoms with E-state index < -0.39 is 0 Å². The van der Waals surface area contributed by atoms with Crippen LogP contribution in [0.4, 0.5) is 4.39 Å². The third-order valence-corrected chi connectivity index (χ3v) is 6.89. The molecule has 0 radical (unpaired) electrons. The van der Waals surface area contributed by atoms with Gasteiger partial charge in [-0.25, -0.2) is 8.96 Å². The number of furan rings is 1. The molecule has 2 aromatic heterocycles. The number of pyridine rings is 1. The molecule has 0 saturated carbocycles. The summed E-state index contributed by atoms with van der Waals surface area (Å²) in [7, 11) is 2.03. The Balaban J connectivity index is 1.65. The van der Waals surface area contributed by atoms with Gasteiger partial charge in [0.2, 0.25) is 5.69 Å². The summed E-state index contributed by atoms with van der Waals surface area (Å²) in [5.74, 6) is -0.289. The maximum absolute atomic E-state index is 15.5. The summed E-state index contributed by atoms with van der Waals surface area (Å²) in [5.41, 5.74) is 9.20. The van der Waals surface area contributed by atoms with Crippen LogP contribution in [0.5, 0.6) is 0 Å². The minimum atomic E-state index is -0.289. The average molecular weight is 459 g/mol. The van der Waals surface area contributed by atoms with Gasteiger partial charge in [0.05, 0.1) is 11.1 Å². The summed E-state index contributed by atoms with van der Waals surface area (Å²) in [6.45, 7) is 4.17. The normalized spacial score (nSPS) is 11.4. The predicted molar refractivity (Wildman–Crippen MR) is 141 cm³/mol. The van der Waals surface area contributed by atoms with Gasteiger partial charge in [0.15, 0.2) is 6.20 Å². The molecule has 0 aliphatic carbocycles. The van der Waals surface area contributed by atoms with Gasteiger partial charge in [-0.2, -0.15) is 0 Å². The van der Waals surface area contributed by atoms with E-state index in [1.807, 2.05) is 55.7 Å². The minimum Gasteiger partial charge on any atom is -0.454 e. The number of aryl methyl sites for hydroxylation is 3. The van der Waals surface area contributed by atoms with Crippen molar-refractivity contribution >= 4 is 21.9 Å². The van der Waals surface area contributed by atoms with E-state index in [-0.39, 0.29) is 5.82 Å². The predicted octanol–water partition coefficient (Wildman–Crippen LogP) is 8.17. The molecule has 170 valence electrons. The highest BCUT2D eigenvalue weighted by atomic mass is 19.1. The van der Waals surface area contributed by atoms with Crippen LogP contribution in [-0.2, 0) is 7.05 Å². The number of fused-ring (bicyclic) bond motifs is 3. The molecule has 0 aliphatic heterocycles. The van der Waals surface area contributed by atoms with Crippen LogP contribution in [-0.4, -0.2) is 0 Å². The number of rotatable bonds is 3. The van der Waals surface area contributed by atoms with E-state index >= 15 is 4.39 Å². The van der Waals surface area contributed by atoms with Crippen LogP contribution in [0.3, 0.4) is 0 Å². The second-order valence-corrected chi connectivity index (χ2v) is 9.13. The van der Waals surface area contributed by atoms with Gasteiger partial charge < -0.3 is 4.42 Å². The van der Waals surface area contributed by atoms with Gasteiger partial charge in [0.1, 0.15) is 24.0 Å². The maximum Gasteiger partial charge on any atom is 0.216 e. The zero-order valence-corrected chi connectivity index (χ0v) is 20.0. The number of aromatic nitrogens is 1. The molecule has 4 aromatic carbocycles. The van der Waals surface area contributed by atoms with Crippen molar-refractivity contribution in [1.82, 2.24) is 0 Å². The second-order valence-electron chi connectivity index (χ2n) is 9.13. The van der Waals surface area contributed by atoms with Crippen LogP contribution in [0.1, 0.15) is 11.1 Å². The van der Waals surface area contributed by atoms with Gasteiger partial charge in [0.25, 0.3) is 0 Å². The Labute approximate surface area is 203 Å². The highest BCUT2D eigenvalue weighted by Crippen LogP contribution is 2.42. The zero-order chi connectivity index (χ0) is 24.1. The van der Waals surface area contributed by atoms with Crippen LogP contribution in [0, 0.1) is 19.7 Å². The Morgan fingerprint density at radius 2 is 1.34 bits per heavy atom. The molecule has 0 fully saturated rings. The van der Waals surface area contributed by atoms with E-state index in [1.165, 1.54) is 0 Å². The molecule has 0 atom stereocenters. The fourth-order valence-electron chi connectivity index (χ4n) is 5.05. The first kappa shape index (κ1) is 21.3. The van der Waals surface area contributed by atoms with Gasteiger partial charge in [0, 0.05) is 22.9 Å². The van der Waals surface area contributed by atoms with E-state index in [9.17, 15) is 0 Å². The molecule has 0 N–H and O–H groups in total. The lowest BCUT2D eigenvalue weighted by atomic mass is 9.94. The first-order chi connectivity index (χ1) is 17.0. The van der Waals surface area contributed by atoms with E-state index in [4.69, 9.17) is 4.42 Å². The number of hydrogen-bond donors (Lipinski definition) is 0. The van der Waals surface area contributed by atoms with Crippen LogP contribution in [0.2, 0.25) is 0 Å². The van der Waals surface area contributed by atoms with Crippen molar-refractivity contribution in [2.75, 3.05) is 0 Å². The van der Waals surface area contributed by atoms with Crippen molar-refractivity contribution in [2.24, 2.45) is 7.05 Å². The summed E-state index contributed by atoms with van der Waals surface area (Å²) in [4.78, 5) is 0. The molecular formula is C32H25FNO+. The lowest BCUT2D eigenvalue weighted by Crippen LogP contribution is -2.30. The number of hydrogen-bond acceptors (Lipinski definition) is 1. The molecule has 3 heteroatoms. The Hall–Kier alpha value is -4.24. The van der Waals surface area contributed by atoms with Crippen molar-refractivity contribution in [3.63, 3.8) is 0 Å². The fourth-order valence-corrected chi connectivity index (χ4v) is 5.05. The summed E-state index contributed by atoms with van der Waals surface area (Å²) >= 11 is 0.